The maximum absolute atomic E-state index is 11.9. The normalized spacial score (nSPS) is 22.6. The summed E-state index contributed by atoms with van der Waals surface area (Å²) >= 11 is 0. The average Bonchev–Trinajstić information content (AvgIpc) is 3.22. The fourth-order valence-corrected chi connectivity index (χ4v) is 3.54. The zero-order valence-corrected chi connectivity index (χ0v) is 13.0. The molecular weight excluding hydrogens is 290 g/mol. The molecule has 1 saturated carbocycles. The summed E-state index contributed by atoms with van der Waals surface area (Å²) in [6.45, 7) is 2.99. The van der Waals surface area contributed by atoms with Gasteiger partial charge in [-0.1, -0.05) is 12.1 Å². The van der Waals surface area contributed by atoms with Crippen LogP contribution in [0.25, 0.3) is 5.69 Å². The molecule has 2 aromatic rings. The van der Waals surface area contributed by atoms with E-state index in [1.807, 2.05) is 12.1 Å². The van der Waals surface area contributed by atoms with Crippen LogP contribution >= 0.6 is 0 Å². The van der Waals surface area contributed by atoms with Crippen molar-refractivity contribution in [1.29, 1.82) is 0 Å². The lowest BCUT2D eigenvalue weighted by Crippen LogP contribution is -2.30. The van der Waals surface area contributed by atoms with E-state index in [2.05, 4.69) is 22.0 Å². The lowest BCUT2D eigenvalue weighted by molar-refractivity contribution is 0.312. The van der Waals surface area contributed by atoms with Crippen LogP contribution in [-0.4, -0.2) is 33.6 Å². The lowest BCUT2D eigenvalue weighted by Gasteiger charge is -2.16. The molecule has 120 valence electrons. The number of anilines is 1. The number of nitrogens with zero attached hydrogens (tertiary/aromatic N) is 3. The van der Waals surface area contributed by atoms with Crippen LogP contribution < -0.4 is 17.2 Å². The Morgan fingerprint density at radius 3 is 2.57 bits per heavy atom. The van der Waals surface area contributed by atoms with Gasteiger partial charge in [-0.25, -0.2) is 4.79 Å². The molecule has 6 nitrogen and oxygen atoms in total. The predicted octanol–water partition coefficient (Wildman–Crippen LogP) is 0.738. The van der Waals surface area contributed by atoms with Crippen molar-refractivity contribution in [3.63, 3.8) is 0 Å². The van der Waals surface area contributed by atoms with Gasteiger partial charge in [0.1, 0.15) is 5.82 Å². The van der Waals surface area contributed by atoms with E-state index in [0.29, 0.717) is 11.5 Å². The fourth-order valence-electron chi connectivity index (χ4n) is 3.54. The number of hydrogen-bond donors (Lipinski definition) is 2. The highest BCUT2D eigenvalue weighted by Crippen LogP contribution is 2.52. The average molecular weight is 311 g/mol. The number of nitrogens with two attached hydrogens (primary N) is 2. The monoisotopic (exact) mass is 311 g/mol. The second kappa shape index (κ2) is 5.18. The van der Waals surface area contributed by atoms with E-state index in [1.165, 1.54) is 23.0 Å². The molecule has 2 heterocycles. The number of hydrogen-bond acceptors (Lipinski definition) is 5. The first-order valence-corrected chi connectivity index (χ1v) is 7.98. The molecule has 1 aliphatic heterocycles. The Morgan fingerprint density at radius 2 is 1.96 bits per heavy atom. The van der Waals surface area contributed by atoms with Crippen molar-refractivity contribution in [1.82, 2.24) is 14.5 Å². The Bertz CT molecular complexity index is 778. The van der Waals surface area contributed by atoms with Crippen molar-refractivity contribution < 1.29 is 0 Å². The number of rotatable bonds is 3. The molecule has 1 aromatic heterocycles. The molecule has 23 heavy (non-hydrogen) atoms. The highest BCUT2D eigenvalue weighted by molar-refractivity contribution is 5.36. The topological polar surface area (TPSA) is 90.2 Å². The second-order valence-electron chi connectivity index (χ2n) is 6.81. The third-order valence-electron chi connectivity index (χ3n) is 5.12. The zero-order valence-electron chi connectivity index (χ0n) is 13.0. The van der Waals surface area contributed by atoms with Gasteiger partial charge >= 0.3 is 5.69 Å². The minimum atomic E-state index is -0.362. The minimum Gasteiger partial charge on any atom is -0.383 e. The van der Waals surface area contributed by atoms with Crippen molar-refractivity contribution in [2.45, 2.75) is 25.4 Å². The van der Waals surface area contributed by atoms with Gasteiger partial charge in [0.2, 0.25) is 0 Å². The van der Waals surface area contributed by atoms with Crippen LogP contribution in [0.3, 0.4) is 0 Å². The lowest BCUT2D eigenvalue weighted by atomic mass is 10.0. The molecule has 1 aliphatic carbocycles. The van der Waals surface area contributed by atoms with Crippen LogP contribution in [0.2, 0.25) is 0 Å². The van der Waals surface area contributed by atoms with E-state index in [1.54, 1.807) is 12.3 Å². The highest BCUT2D eigenvalue weighted by atomic mass is 16.1. The highest BCUT2D eigenvalue weighted by Gasteiger charge is 2.53. The van der Waals surface area contributed by atoms with Crippen LogP contribution in [-0.2, 0) is 6.54 Å². The van der Waals surface area contributed by atoms with Crippen LogP contribution in [0.15, 0.2) is 41.3 Å². The maximum atomic E-state index is 11.9. The molecule has 4 N–H and O–H groups in total. The van der Waals surface area contributed by atoms with E-state index in [0.717, 1.165) is 25.3 Å². The van der Waals surface area contributed by atoms with Gasteiger partial charge in [0.25, 0.3) is 0 Å². The maximum Gasteiger partial charge on any atom is 0.354 e. The summed E-state index contributed by atoms with van der Waals surface area (Å²) in [5.74, 6) is 0.238. The van der Waals surface area contributed by atoms with Crippen LogP contribution in [0.5, 0.6) is 0 Å². The molecule has 2 fully saturated rings. The Balaban J connectivity index is 1.49. The summed E-state index contributed by atoms with van der Waals surface area (Å²) < 4.78 is 1.49. The van der Waals surface area contributed by atoms with E-state index in [4.69, 9.17) is 11.5 Å². The Morgan fingerprint density at radius 1 is 1.22 bits per heavy atom. The van der Waals surface area contributed by atoms with Gasteiger partial charge in [-0.15, -0.1) is 0 Å². The smallest absolute Gasteiger partial charge is 0.354 e. The predicted molar refractivity (Wildman–Crippen MR) is 89.2 cm³/mol. The summed E-state index contributed by atoms with van der Waals surface area (Å²) in [6.07, 6.45) is 4.20. The Hall–Kier alpha value is -2.18. The van der Waals surface area contributed by atoms with Gasteiger partial charge in [0.05, 0.1) is 5.69 Å². The zero-order chi connectivity index (χ0) is 16.0. The van der Waals surface area contributed by atoms with Crippen LogP contribution in [0.4, 0.5) is 5.82 Å². The molecule has 0 radical (unpaired) electrons. The molecule has 1 spiro atoms. The van der Waals surface area contributed by atoms with E-state index in [9.17, 15) is 4.79 Å². The number of likely N-dealkylation sites (tertiary alicyclic amines) is 1. The molecule has 4 rings (SSSR count). The Labute approximate surface area is 134 Å². The summed E-state index contributed by atoms with van der Waals surface area (Å²) in [4.78, 5) is 18.1. The first-order chi connectivity index (χ1) is 11.1. The fraction of sp³-hybridized carbons (Fsp3) is 0.412. The number of aromatic nitrogens is 2. The summed E-state index contributed by atoms with van der Waals surface area (Å²) in [5.41, 5.74) is 13.8. The molecule has 2 aliphatic rings. The largest absolute Gasteiger partial charge is 0.383 e. The molecule has 0 amide bonds. The molecule has 1 saturated heterocycles. The quantitative estimate of drug-likeness (QED) is 0.872. The molecule has 6 heteroatoms. The molecular formula is C17H21N5O. The van der Waals surface area contributed by atoms with Gasteiger partial charge < -0.3 is 11.5 Å². The first-order valence-electron chi connectivity index (χ1n) is 7.98. The van der Waals surface area contributed by atoms with Crippen molar-refractivity contribution >= 4 is 5.82 Å². The minimum absolute atomic E-state index is 0.238. The number of nitrogen functional groups attached to an aromatic ring is 1. The van der Waals surface area contributed by atoms with E-state index >= 15 is 0 Å². The standard InChI is InChI=1S/C17H21N5O/c18-14-10-21(11-17(14)6-7-17)9-12-1-3-13(4-2-12)22-8-5-15(19)20-16(22)23/h1-5,8,14H,6-7,9-11,18H2,(H2,19,20,23)/t14-/m0/s1. The van der Waals surface area contributed by atoms with Crippen molar-refractivity contribution in [3.8, 4) is 5.69 Å². The van der Waals surface area contributed by atoms with Crippen molar-refractivity contribution in [3.05, 3.63) is 52.6 Å². The Kier molecular flexibility index (Phi) is 3.25. The summed E-state index contributed by atoms with van der Waals surface area (Å²) in [6, 6.07) is 9.94. The van der Waals surface area contributed by atoms with Crippen LogP contribution in [0, 0.1) is 5.41 Å². The molecule has 0 bridgehead atoms. The molecule has 1 aromatic carbocycles. The summed E-state index contributed by atoms with van der Waals surface area (Å²) in [7, 11) is 0. The molecule has 0 unspecified atom stereocenters. The SMILES string of the molecule is Nc1ccn(-c2ccc(CN3C[C@H](N)C4(CC4)C3)cc2)c(=O)n1. The second-order valence-corrected chi connectivity index (χ2v) is 6.81. The van der Waals surface area contributed by atoms with Crippen LogP contribution in [0.1, 0.15) is 18.4 Å². The van der Waals surface area contributed by atoms with Gasteiger partial charge in [-0.3, -0.25) is 9.47 Å². The number of benzene rings is 1. The van der Waals surface area contributed by atoms with E-state index < -0.39 is 0 Å². The van der Waals surface area contributed by atoms with Crippen molar-refractivity contribution in [2.24, 2.45) is 11.1 Å². The summed E-state index contributed by atoms with van der Waals surface area (Å²) in [5, 5.41) is 0. The molecule has 1 atom stereocenters. The van der Waals surface area contributed by atoms with E-state index in [-0.39, 0.29) is 11.5 Å². The third-order valence-corrected chi connectivity index (χ3v) is 5.12. The van der Waals surface area contributed by atoms with Gasteiger partial charge in [-0.05, 0) is 42.0 Å². The third kappa shape index (κ3) is 2.64. The van der Waals surface area contributed by atoms with Gasteiger partial charge in [0, 0.05) is 31.9 Å². The van der Waals surface area contributed by atoms with Gasteiger partial charge in [0.15, 0.2) is 0 Å². The van der Waals surface area contributed by atoms with Gasteiger partial charge in [-0.2, -0.15) is 4.98 Å². The first kappa shape index (κ1) is 14.4. The van der Waals surface area contributed by atoms with Crippen molar-refractivity contribution in [2.75, 3.05) is 18.8 Å².